The summed E-state index contributed by atoms with van der Waals surface area (Å²) < 4.78 is 0. The SMILES string of the molecule is CC1=NC(C)(C)C(C)(C)N1c1ccc(-c2cc(-c3ccc(-c4ccccc4)cc3)cc(-c3ccc(N4C(C(C)C)=NC(C(C)C)(C(C)C)C4(C(C)C)C(C)C)cc3)n2)cc1. The molecule has 0 N–H and O–H groups in total. The van der Waals surface area contributed by atoms with Crippen LogP contribution in [0.15, 0.2) is 125 Å². The predicted octanol–water partition coefficient (Wildman–Crippen LogP) is 14.5. The van der Waals surface area contributed by atoms with Gasteiger partial charge < -0.3 is 9.80 Å². The lowest BCUT2D eigenvalue weighted by Gasteiger charge is -2.58. The van der Waals surface area contributed by atoms with Crippen LogP contribution in [0.1, 0.15) is 104 Å². The summed E-state index contributed by atoms with van der Waals surface area (Å²) in [6.07, 6.45) is 0. The second-order valence-electron chi connectivity index (χ2n) is 20.0. The molecule has 0 bridgehead atoms. The minimum absolute atomic E-state index is 0.159. The normalized spacial score (nSPS) is 18.0. The molecule has 3 heterocycles. The molecule has 5 aromatic rings. The van der Waals surface area contributed by atoms with Crippen molar-refractivity contribution < 1.29 is 0 Å². The van der Waals surface area contributed by atoms with Gasteiger partial charge >= 0.3 is 0 Å². The third-order valence-electron chi connectivity index (χ3n) is 14.4. The highest BCUT2D eigenvalue weighted by Crippen LogP contribution is 2.57. The number of hydrogen-bond donors (Lipinski definition) is 0. The Labute approximate surface area is 362 Å². The first-order valence-electron chi connectivity index (χ1n) is 22.4. The average Bonchev–Trinajstić information content (AvgIpc) is 3.64. The number of anilines is 2. The number of benzene rings is 4. The first-order valence-corrected chi connectivity index (χ1v) is 22.4. The number of nitrogens with zero attached hydrogens (tertiary/aromatic N) is 5. The molecule has 0 atom stereocenters. The maximum Gasteiger partial charge on any atom is 0.107 e. The Kier molecular flexibility index (Phi) is 11.3. The zero-order valence-corrected chi connectivity index (χ0v) is 39.1. The van der Waals surface area contributed by atoms with Crippen LogP contribution in [0, 0.1) is 29.6 Å². The molecule has 0 amide bonds. The van der Waals surface area contributed by atoms with Crippen molar-refractivity contribution in [3.8, 4) is 44.8 Å². The molecule has 0 fully saturated rings. The molecule has 5 heteroatoms. The van der Waals surface area contributed by atoms with Crippen molar-refractivity contribution >= 4 is 23.0 Å². The summed E-state index contributed by atoms with van der Waals surface area (Å²) in [6, 6.07) is 42.1. The number of aliphatic imine (C=N–C) groups is 2. The molecule has 1 aromatic heterocycles. The van der Waals surface area contributed by atoms with E-state index in [1.165, 1.54) is 22.6 Å². The molecule has 0 saturated carbocycles. The van der Waals surface area contributed by atoms with Crippen LogP contribution in [0.5, 0.6) is 0 Å². The minimum atomic E-state index is -0.240. The summed E-state index contributed by atoms with van der Waals surface area (Å²) in [5.74, 6) is 3.98. The standard InChI is InChI=1S/C55H69N5/c1-35(2)51-58-54(36(3)4,37(5)6)55(38(7)8,39(9)10)60(51)48-31-27-45(28-32-48)50-34-46(43-23-21-42(22-24-43)41-19-17-16-18-20-41)33-49(56-50)44-25-29-47(30-26-44)59-40(11)57-52(12,13)53(59,14)15/h16-39H,1-15H3. The van der Waals surface area contributed by atoms with Crippen LogP contribution in [0.2, 0.25) is 0 Å². The second-order valence-corrected chi connectivity index (χ2v) is 20.0. The van der Waals surface area contributed by atoms with Gasteiger partial charge in [-0.1, -0.05) is 148 Å². The molecule has 7 rings (SSSR count). The largest absolute Gasteiger partial charge is 0.322 e. The Morgan fingerprint density at radius 2 is 0.867 bits per heavy atom. The van der Waals surface area contributed by atoms with E-state index in [0.29, 0.717) is 23.7 Å². The van der Waals surface area contributed by atoms with E-state index in [0.717, 1.165) is 45.2 Å². The van der Waals surface area contributed by atoms with Gasteiger partial charge in [-0.3, -0.25) is 9.98 Å². The van der Waals surface area contributed by atoms with Gasteiger partial charge in [-0.25, -0.2) is 4.98 Å². The van der Waals surface area contributed by atoms with E-state index in [2.05, 4.69) is 229 Å². The predicted molar refractivity (Wildman–Crippen MR) is 259 cm³/mol. The fourth-order valence-corrected chi connectivity index (χ4v) is 11.2. The van der Waals surface area contributed by atoms with Gasteiger partial charge in [-0.15, -0.1) is 0 Å². The molecule has 2 aliphatic rings. The van der Waals surface area contributed by atoms with E-state index in [9.17, 15) is 0 Å². The van der Waals surface area contributed by atoms with Crippen molar-refractivity contribution in [3.63, 3.8) is 0 Å². The van der Waals surface area contributed by atoms with Gasteiger partial charge in [-0.05, 0) is 117 Å². The summed E-state index contributed by atoms with van der Waals surface area (Å²) in [5, 5.41) is 0. The van der Waals surface area contributed by atoms with Gasteiger partial charge in [0.05, 0.1) is 33.5 Å². The molecular weight excluding hydrogens is 731 g/mol. The lowest BCUT2D eigenvalue weighted by molar-refractivity contribution is 0.0483. The van der Waals surface area contributed by atoms with Gasteiger partial charge in [0.2, 0.25) is 0 Å². The monoisotopic (exact) mass is 800 g/mol. The highest BCUT2D eigenvalue weighted by Gasteiger charge is 2.66. The fraction of sp³-hybridized carbons (Fsp3) is 0.436. The lowest BCUT2D eigenvalue weighted by atomic mass is 9.55. The fourth-order valence-electron chi connectivity index (χ4n) is 11.2. The molecule has 0 saturated heterocycles. The Morgan fingerprint density at radius 1 is 0.450 bits per heavy atom. The van der Waals surface area contributed by atoms with Crippen LogP contribution in [-0.2, 0) is 0 Å². The Morgan fingerprint density at radius 3 is 1.27 bits per heavy atom. The zero-order valence-electron chi connectivity index (χ0n) is 39.1. The van der Waals surface area contributed by atoms with Crippen LogP contribution in [0.25, 0.3) is 44.8 Å². The Bertz CT molecular complexity index is 2340. The quantitative estimate of drug-likeness (QED) is 0.134. The van der Waals surface area contributed by atoms with Crippen molar-refractivity contribution in [1.82, 2.24) is 4.98 Å². The van der Waals surface area contributed by atoms with Crippen molar-refractivity contribution in [2.75, 3.05) is 9.80 Å². The number of aromatic nitrogens is 1. The summed E-state index contributed by atoms with van der Waals surface area (Å²) in [7, 11) is 0. The van der Waals surface area contributed by atoms with Crippen LogP contribution >= 0.6 is 0 Å². The highest BCUT2D eigenvalue weighted by molar-refractivity contribution is 6.04. The van der Waals surface area contributed by atoms with Gasteiger partial charge in [0.15, 0.2) is 0 Å². The van der Waals surface area contributed by atoms with E-state index in [1.807, 2.05) is 0 Å². The summed E-state index contributed by atoms with van der Waals surface area (Å²) in [6.45, 7) is 34.9. The molecule has 5 nitrogen and oxygen atoms in total. The third kappa shape index (κ3) is 6.81. The van der Waals surface area contributed by atoms with Gasteiger partial charge in [0.25, 0.3) is 0 Å². The van der Waals surface area contributed by atoms with Crippen LogP contribution in [0.4, 0.5) is 11.4 Å². The first kappa shape index (κ1) is 43.1. The van der Waals surface area contributed by atoms with Crippen molar-refractivity contribution in [1.29, 1.82) is 0 Å². The van der Waals surface area contributed by atoms with Gasteiger partial charge in [0, 0.05) is 28.4 Å². The Hall–Kier alpha value is -5.03. The van der Waals surface area contributed by atoms with Crippen molar-refractivity contribution in [2.45, 2.75) is 126 Å². The van der Waals surface area contributed by atoms with E-state index in [4.69, 9.17) is 15.0 Å². The molecule has 0 radical (unpaired) electrons. The maximum atomic E-state index is 5.84. The van der Waals surface area contributed by atoms with E-state index in [-0.39, 0.29) is 28.1 Å². The maximum absolute atomic E-state index is 5.84. The molecule has 314 valence electrons. The van der Waals surface area contributed by atoms with Crippen molar-refractivity contribution in [2.24, 2.45) is 39.6 Å². The van der Waals surface area contributed by atoms with E-state index >= 15 is 0 Å². The molecule has 2 aliphatic heterocycles. The number of hydrogen-bond acceptors (Lipinski definition) is 5. The zero-order chi connectivity index (χ0) is 43.5. The molecule has 0 aliphatic carbocycles. The minimum Gasteiger partial charge on any atom is -0.322 e. The van der Waals surface area contributed by atoms with Crippen LogP contribution in [-0.4, -0.2) is 38.8 Å². The highest BCUT2D eigenvalue weighted by atomic mass is 15.4. The smallest absolute Gasteiger partial charge is 0.107 e. The molecule has 0 spiro atoms. The lowest BCUT2D eigenvalue weighted by Crippen LogP contribution is -2.70. The molecule has 0 unspecified atom stereocenters. The topological polar surface area (TPSA) is 44.1 Å². The number of pyridine rings is 1. The summed E-state index contributed by atoms with van der Waals surface area (Å²) in [5.41, 5.74) is 10.3. The number of rotatable bonds is 11. The summed E-state index contributed by atoms with van der Waals surface area (Å²) in [4.78, 5) is 21.3. The van der Waals surface area contributed by atoms with Crippen molar-refractivity contribution in [3.05, 3.63) is 115 Å². The number of amidine groups is 2. The first-order chi connectivity index (χ1) is 28.3. The average molecular weight is 800 g/mol. The second kappa shape index (κ2) is 15.8. The van der Waals surface area contributed by atoms with Crippen LogP contribution < -0.4 is 9.80 Å². The molecule has 4 aromatic carbocycles. The molecule has 60 heavy (non-hydrogen) atoms. The van der Waals surface area contributed by atoms with Crippen LogP contribution in [0.3, 0.4) is 0 Å². The Balaban J connectivity index is 1.33. The van der Waals surface area contributed by atoms with E-state index < -0.39 is 0 Å². The third-order valence-corrected chi connectivity index (χ3v) is 14.4. The summed E-state index contributed by atoms with van der Waals surface area (Å²) >= 11 is 0. The van der Waals surface area contributed by atoms with Gasteiger partial charge in [-0.2, -0.15) is 0 Å². The molecular formula is C55H69N5. The van der Waals surface area contributed by atoms with Gasteiger partial charge in [0.1, 0.15) is 11.7 Å². The van der Waals surface area contributed by atoms with E-state index in [1.54, 1.807) is 0 Å².